The van der Waals surface area contributed by atoms with Crippen molar-refractivity contribution in [3.05, 3.63) is 59.7 Å². The lowest BCUT2D eigenvalue weighted by Crippen LogP contribution is -2.48. The average molecular weight is 479 g/mol. The Labute approximate surface area is 193 Å². The molecule has 2 aromatic rings. The normalized spacial score (nSPS) is 13.2. The quantitative estimate of drug-likeness (QED) is 0.427. The van der Waals surface area contributed by atoms with Crippen molar-refractivity contribution in [3.63, 3.8) is 0 Å². The summed E-state index contributed by atoms with van der Waals surface area (Å²) >= 11 is 1.08. The number of nitrogens with one attached hydrogen (secondary N) is 2. The summed E-state index contributed by atoms with van der Waals surface area (Å²) in [5.41, 5.74) is 4.12. The minimum Gasteiger partial charge on any atom is -0.481 e. The number of aliphatic carboxylic acids is 1. The number of carbonyl (C=O) groups excluding carboxylic acids is 2. The van der Waals surface area contributed by atoms with Crippen LogP contribution in [0.4, 0.5) is 13.6 Å². The highest BCUT2D eigenvalue weighted by atomic mass is 32.2. The van der Waals surface area contributed by atoms with Crippen molar-refractivity contribution in [1.29, 1.82) is 0 Å². The zero-order valence-electron chi connectivity index (χ0n) is 17.6. The van der Waals surface area contributed by atoms with Gasteiger partial charge in [0.05, 0.1) is 5.75 Å². The fraction of sp³-hybridized carbons (Fsp3) is 0.348. The van der Waals surface area contributed by atoms with Gasteiger partial charge in [-0.1, -0.05) is 48.5 Å². The van der Waals surface area contributed by atoms with Crippen LogP contribution in [0.5, 0.6) is 0 Å². The van der Waals surface area contributed by atoms with Crippen LogP contribution in [0.3, 0.4) is 0 Å². The third-order valence-corrected chi connectivity index (χ3v) is 6.08. The molecule has 3 rings (SSSR count). The maximum Gasteiger partial charge on any atom is 0.407 e. The summed E-state index contributed by atoms with van der Waals surface area (Å²) in [6.07, 6.45) is -4.63. The van der Waals surface area contributed by atoms with Gasteiger partial charge in [-0.3, -0.25) is 9.59 Å². The molecule has 0 aliphatic heterocycles. The Morgan fingerprint density at radius 2 is 1.64 bits per heavy atom. The Bertz CT molecular complexity index is 959. The minimum absolute atomic E-state index is 0.00525. The second-order valence-corrected chi connectivity index (χ2v) is 8.49. The summed E-state index contributed by atoms with van der Waals surface area (Å²) in [4.78, 5) is 35.1. The standard InChI is InChI=1S/C23H24F2N2O5S/c24-20(25)11-19(22(30)26-9-10-33-13-21(28)29)27-23(31)32-12-18-16-7-3-1-5-14(16)15-6-2-4-8-17(15)18/h1-8,18-20H,9-13H2,(H,26,30)(H,27,31)(H,28,29). The number of ether oxygens (including phenoxy) is 1. The number of rotatable bonds is 11. The SMILES string of the molecule is O=C(O)CSCCNC(=O)C(CC(F)F)NC(=O)OCC1c2ccccc2-c2ccccc21. The molecule has 0 spiro atoms. The van der Waals surface area contributed by atoms with Gasteiger partial charge < -0.3 is 20.5 Å². The number of hydrogen-bond donors (Lipinski definition) is 3. The molecule has 2 amide bonds. The van der Waals surface area contributed by atoms with Crippen LogP contribution in [0.25, 0.3) is 11.1 Å². The first-order valence-electron chi connectivity index (χ1n) is 10.3. The molecule has 1 unspecified atom stereocenters. The van der Waals surface area contributed by atoms with Gasteiger partial charge in [-0.25, -0.2) is 13.6 Å². The van der Waals surface area contributed by atoms with Gasteiger partial charge in [0.1, 0.15) is 12.6 Å². The van der Waals surface area contributed by atoms with Crippen LogP contribution in [0, 0.1) is 0 Å². The summed E-state index contributed by atoms with van der Waals surface area (Å²) in [7, 11) is 0. The summed E-state index contributed by atoms with van der Waals surface area (Å²) in [5.74, 6) is -1.80. The van der Waals surface area contributed by atoms with Gasteiger partial charge in [0.2, 0.25) is 12.3 Å². The molecule has 33 heavy (non-hydrogen) atoms. The van der Waals surface area contributed by atoms with E-state index in [-0.39, 0.29) is 24.8 Å². The molecule has 0 radical (unpaired) electrons. The molecule has 0 saturated heterocycles. The van der Waals surface area contributed by atoms with Crippen LogP contribution in [0.1, 0.15) is 23.5 Å². The molecule has 1 atom stereocenters. The van der Waals surface area contributed by atoms with E-state index in [1.807, 2.05) is 48.5 Å². The molecule has 1 aliphatic rings. The van der Waals surface area contributed by atoms with Crippen molar-refractivity contribution in [2.45, 2.75) is 24.8 Å². The maximum absolute atomic E-state index is 12.9. The number of benzene rings is 2. The molecule has 0 bridgehead atoms. The number of thioether (sulfide) groups is 1. The molecule has 3 N–H and O–H groups in total. The second-order valence-electron chi connectivity index (χ2n) is 7.39. The number of hydrogen-bond acceptors (Lipinski definition) is 5. The number of carbonyl (C=O) groups is 3. The molecule has 10 heteroatoms. The molecule has 7 nitrogen and oxygen atoms in total. The topological polar surface area (TPSA) is 105 Å². The summed E-state index contributed by atoms with van der Waals surface area (Å²) < 4.78 is 31.2. The van der Waals surface area contributed by atoms with Crippen LogP contribution < -0.4 is 10.6 Å². The Hall–Kier alpha value is -3.14. The Balaban J connectivity index is 1.56. The van der Waals surface area contributed by atoms with Gasteiger partial charge in [-0.05, 0) is 22.3 Å². The highest BCUT2D eigenvalue weighted by Crippen LogP contribution is 2.44. The molecule has 2 aromatic carbocycles. The third kappa shape index (κ3) is 6.67. The molecule has 0 heterocycles. The van der Waals surface area contributed by atoms with E-state index in [4.69, 9.17) is 9.84 Å². The Kier molecular flexibility index (Phi) is 8.65. The zero-order valence-corrected chi connectivity index (χ0v) is 18.4. The monoisotopic (exact) mass is 478 g/mol. The molecule has 0 saturated carbocycles. The van der Waals surface area contributed by atoms with Crippen molar-refractivity contribution in [1.82, 2.24) is 10.6 Å². The number of carboxylic acids is 1. The number of carboxylic acid groups (broad SMARTS) is 1. The highest BCUT2D eigenvalue weighted by molar-refractivity contribution is 7.99. The van der Waals surface area contributed by atoms with Gasteiger partial charge >= 0.3 is 12.1 Å². The lowest BCUT2D eigenvalue weighted by molar-refractivity contribution is -0.133. The van der Waals surface area contributed by atoms with Crippen molar-refractivity contribution in [3.8, 4) is 11.1 Å². The van der Waals surface area contributed by atoms with Crippen LogP contribution in [-0.4, -0.2) is 60.2 Å². The largest absolute Gasteiger partial charge is 0.481 e. The Morgan fingerprint density at radius 1 is 1.03 bits per heavy atom. The predicted molar refractivity (Wildman–Crippen MR) is 121 cm³/mol. The van der Waals surface area contributed by atoms with Crippen LogP contribution in [-0.2, 0) is 14.3 Å². The van der Waals surface area contributed by atoms with Gasteiger partial charge in [0, 0.05) is 24.6 Å². The van der Waals surface area contributed by atoms with E-state index in [1.54, 1.807) is 0 Å². The fourth-order valence-electron chi connectivity index (χ4n) is 3.72. The van der Waals surface area contributed by atoms with Crippen molar-refractivity contribution in [2.75, 3.05) is 24.7 Å². The van der Waals surface area contributed by atoms with E-state index in [2.05, 4.69) is 10.6 Å². The van der Waals surface area contributed by atoms with Gasteiger partial charge in [-0.15, -0.1) is 11.8 Å². The lowest BCUT2D eigenvalue weighted by atomic mass is 9.98. The molecular formula is C23H24F2N2O5S. The van der Waals surface area contributed by atoms with Crippen LogP contribution in [0.2, 0.25) is 0 Å². The fourth-order valence-corrected chi connectivity index (χ4v) is 4.29. The molecule has 1 aliphatic carbocycles. The number of alkyl carbamates (subject to hydrolysis) is 1. The van der Waals surface area contributed by atoms with Gasteiger partial charge in [0.15, 0.2) is 0 Å². The van der Waals surface area contributed by atoms with Gasteiger partial charge in [0.25, 0.3) is 0 Å². The number of fused-ring (bicyclic) bond motifs is 3. The van der Waals surface area contributed by atoms with E-state index in [0.29, 0.717) is 5.75 Å². The third-order valence-electron chi connectivity index (χ3n) is 5.14. The molecular weight excluding hydrogens is 454 g/mol. The van der Waals surface area contributed by atoms with Crippen molar-refractivity contribution < 1.29 is 33.0 Å². The second kappa shape index (κ2) is 11.6. The summed E-state index contributed by atoms with van der Waals surface area (Å²) in [6, 6.07) is 14.1. The predicted octanol–water partition coefficient (Wildman–Crippen LogP) is 3.48. The first kappa shape index (κ1) is 24.5. The molecule has 0 aromatic heterocycles. The summed E-state index contributed by atoms with van der Waals surface area (Å²) in [6.45, 7) is 0.0809. The van der Waals surface area contributed by atoms with Gasteiger partial charge in [-0.2, -0.15) is 0 Å². The number of amides is 2. The average Bonchev–Trinajstić information content (AvgIpc) is 3.10. The zero-order chi connectivity index (χ0) is 23.8. The number of halogens is 2. The highest BCUT2D eigenvalue weighted by Gasteiger charge is 2.30. The Morgan fingerprint density at radius 3 is 2.21 bits per heavy atom. The maximum atomic E-state index is 12.9. The molecule has 176 valence electrons. The number of alkyl halides is 2. The summed E-state index contributed by atoms with van der Waals surface area (Å²) in [5, 5.41) is 13.3. The van der Waals surface area contributed by atoms with E-state index < -0.39 is 36.9 Å². The van der Waals surface area contributed by atoms with Crippen LogP contribution in [0.15, 0.2) is 48.5 Å². The smallest absolute Gasteiger partial charge is 0.407 e. The lowest BCUT2D eigenvalue weighted by Gasteiger charge is -2.19. The van der Waals surface area contributed by atoms with E-state index in [0.717, 1.165) is 34.0 Å². The van der Waals surface area contributed by atoms with E-state index in [9.17, 15) is 23.2 Å². The van der Waals surface area contributed by atoms with Crippen LogP contribution >= 0.6 is 11.8 Å². The minimum atomic E-state index is -2.81. The van der Waals surface area contributed by atoms with Crippen molar-refractivity contribution in [2.24, 2.45) is 0 Å². The first-order valence-corrected chi connectivity index (χ1v) is 11.5. The first-order chi connectivity index (χ1) is 15.9. The molecule has 0 fully saturated rings. The van der Waals surface area contributed by atoms with E-state index >= 15 is 0 Å². The van der Waals surface area contributed by atoms with E-state index in [1.165, 1.54) is 0 Å². The van der Waals surface area contributed by atoms with Crippen molar-refractivity contribution >= 4 is 29.7 Å².